The van der Waals surface area contributed by atoms with Gasteiger partial charge in [-0.25, -0.2) is 4.98 Å². The zero-order chi connectivity index (χ0) is 8.23. The molecule has 12 heavy (non-hydrogen) atoms. The Morgan fingerprint density at radius 2 is 2.00 bits per heavy atom. The van der Waals surface area contributed by atoms with Crippen molar-refractivity contribution in [2.24, 2.45) is 0 Å². The van der Waals surface area contributed by atoms with Gasteiger partial charge in [0.05, 0.1) is 5.51 Å². The van der Waals surface area contributed by atoms with E-state index < -0.39 is 0 Å². The van der Waals surface area contributed by atoms with Crippen LogP contribution in [0.15, 0.2) is 51.1 Å². The Balaban J connectivity index is 2.15. The third kappa shape index (κ3) is 1.87. The van der Waals surface area contributed by atoms with Gasteiger partial charge in [-0.15, -0.1) is 11.3 Å². The minimum Gasteiger partial charge on any atom is -0.238 e. The molecule has 0 unspecified atom stereocenters. The van der Waals surface area contributed by atoms with Gasteiger partial charge in [-0.05, 0) is 12.1 Å². The van der Waals surface area contributed by atoms with Gasteiger partial charge in [0.2, 0.25) is 0 Å². The lowest BCUT2D eigenvalue weighted by molar-refractivity contribution is 1.20. The standard InChI is InChI=1S/C9H7NS2/c1-2-4-8(5-3-1)12-9-6-11-7-10-9/h1-7H. The number of thiazole rings is 1. The predicted molar refractivity (Wildman–Crippen MR) is 52.7 cm³/mol. The molecule has 1 heterocycles. The van der Waals surface area contributed by atoms with E-state index in [1.807, 2.05) is 23.7 Å². The van der Waals surface area contributed by atoms with Crippen molar-refractivity contribution in [2.75, 3.05) is 0 Å². The second kappa shape index (κ2) is 3.74. The van der Waals surface area contributed by atoms with E-state index in [0.29, 0.717) is 0 Å². The summed E-state index contributed by atoms with van der Waals surface area (Å²) < 4.78 is 0. The second-order valence-corrected chi connectivity index (χ2v) is 4.05. The molecule has 0 aliphatic rings. The van der Waals surface area contributed by atoms with Crippen molar-refractivity contribution in [3.8, 4) is 0 Å². The van der Waals surface area contributed by atoms with E-state index >= 15 is 0 Å². The van der Waals surface area contributed by atoms with E-state index in [9.17, 15) is 0 Å². The summed E-state index contributed by atoms with van der Waals surface area (Å²) in [6.07, 6.45) is 0. The first-order chi connectivity index (χ1) is 5.95. The Bertz CT molecular complexity index is 329. The molecule has 0 radical (unpaired) electrons. The van der Waals surface area contributed by atoms with Crippen molar-refractivity contribution in [1.29, 1.82) is 0 Å². The van der Waals surface area contributed by atoms with Crippen LogP contribution in [-0.4, -0.2) is 4.98 Å². The average molecular weight is 193 g/mol. The number of rotatable bonds is 2. The summed E-state index contributed by atoms with van der Waals surface area (Å²) in [7, 11) is 0. The smallest absolute Gasteiger partial charge is 0.112 e. The summed E-state index contributed by atoms with van der Waals surface area (Å²) in [5, 5.41) is 3.13. The summed E-state index contributed by atoms with van der Waals surface area (Å²) in [5.41, 5.74) is 1.85. The maximum absolute atomic E-state index is 4.19. The molecule has 0 saturated heterocycles. The molecule has 0 N–H and O–H groups in total. The molecule has 0 spiro atoms. The fourth-order valence-corrected chi connectivity index (χ4v) is 2.34. The molecule has 1 aromatic heterocycles. The Hall–Kier alpha value is -0.800. The van der Waals surface area contributed by atoms with Gasteiger partial charge in [-0.3, -0.25) is 0 Å². The molecule has 0 atom stereocenters. The summed E-state index contributed by atoms with van der Waals surface area (Å²) in [6, 6.07) is 10.3. The summed E-state index contributed by atoms with van der Waals surface area (Å²) in [6.45, 7) is 0. The maximum Gasteiger partial charge on any atom is 0.112 e. The van der Waals surface area contributed by atoms with Gasteiger partial charge in [0.15, 0.2) is 0 Å². The third-order valence-corrected chi connectivity index (χ3v) is 3.05. The van der Waals surface area contributed by atoms with Gasteiger partial charge in [0.1, 0.15) is 5.03 Å². The Morgan fingerprint density at radius 1 is 1.17 bits per heavy atom. The van der Waals surface area contributed by atoms with Crippen LogP contribution in [0, 0.1) is 0 Å². The average Bonchev–Trinajstić information content (AvgIpc) is 2.59. The van der Waals surface area contributed by atoms with Gasteiger partial charge in [-0.1, -0.05) is 30.0 Å². The monoisotopic (exact) mass is 193 g/mol. The van der Waals surface area contributed by atoms with Gasteiger partial charge < -0.3 is 0 Å². The lowest BCUT2D eigenvalue weighted by atomic mass is 10.4. The van der Waals surface area contributed by atoms with Crippen LogP contribution in [0.25, 0.3) is 0 Å². The van der Waals surface area contributed by atoms with E-state index in [-0.39, 0.29) is 0 Å². The molecule has 1 nitrogen and oxygen atoms in total. The molecule has 0 fully saturated rings. The van der Waals surface area contributed by atoms with Crippen molar-refractivity contribution in [3.63, 3.8) is 0 Å². The summed E-state index contributed by atoms with van der Waals surface area (Å²) in [4.78, 5) is 5.43. The number of nitrogens with zero attached hydrogens (tertiary/aromatic N) is 1. The lowest BCUT2D eigenvalue weighted by Gasteiger charge is -1.94. The Labute approximate surface area is 79.5 Å². The van der Waals surface area contributed by atoms with Gasteiger partial charge in [0.25, 0.3) is 0 Å². The molecule has 3 heteroatoms. The first-order valence-corrected chi connectivity index (χ1v) is 5.32. The normalized spacial score (nSPS) is 10.0. The highest BCUT2D eigenvalue weighted by atomic mass is 32.2. The van der Waals surface area contributed by atoms with Crippen LogP contribution < -0.4 is 0 Å². The molecule has 0 saturated carbocycles. The van der Waals surface area contributed by atoms with Crippen molar-refractivity contribution in [1.82, 2.24) is 4.98 Å². The van der Waals surface area contributed by atoms with Gasteiger partial charge in [0, 0.05) is 10.3 Å². The second-order valence-electron chi connectivity index (χ2n) is 2.24. The minimum atomic E-state index is 1.08. The van der Waals surface area contributed by atoms with Gasteiger partial charge >= 0.3 is 0 Å². The Kier molecular flexibility index (Phi) is 2.44. The first kappa shape index (κ1) is 7.83. The molecular weight excluding hydrogens is 186 g/mol. The van der Waals surface area contributed by atoms with E-state index in [2.05, 4.69) is 22.5 Å². The highest BCUT2D eigenvalue weighted by molar-refractivity contribution is 7.99. The topological polar surface area (TPSA) is 12.9 Å². The summed E-state index contributed by atoms with van der Waals surface area (Å²) in [5.74, 6) is 0. The number of hydrogen-bond acceptors (Lipinski definition) is 3. The van der Waals surface area contributed by atoms with Crippen LogP contribution >= 0.6 is 23.1 Å². The van der Waals surface area contributed by atoms with E-state index in [1.54, 1.807) is 23.1 Å². The fourth-order valence-electron chi connectivity index (χ4n) is 0.861. The molecular formula is C9H7NS2. The number of hydrogen-bond donors (Lipinski definition) is 0. The highest BCUT2D eigenvalue weighted by Crippen LogP contribution is 2.26. The van der Waals surface area contributed by atoms with Crippen molar-refractivity contribution < 1.29 is 0 Å². The van der Waals surface area contributed by atoms with Crippen LogP contribution in [0.2, 0.25) is 0 Å². The maximum atomic E-state index is 4.19. The van der Waals surface area contributed by atoms with Crippen molar-refractivity contribution in [2.45, 2.75) is 9.92 Å². The van der Waals surface area contributed by atoms with Crippen LogP contribution in [0.4, 0.5) is 0 Å². The zero-order valence-corrected chi connectivity index (χ0v) is 7.94. The van der Waals surface area contributed by atoms with Crippen LogP contribution in [-0.2, 0) is 0 Å². The van der Waals surface area contributed by atoms with Crippen LogP contribution in [0.3, 0.4) is 0 Å². The quantitative estimate of drug-likeness (QED) is 0.726. The predicted octanol–water partition coefficient (Wildman–Crippen LogP) is 3.29. The van der Waals surface area contributed by atoms with Crippen LogP contribution in [0.1, 0.15) is 0 Å². The number of aromatic nitrogens is 1. The summed E-state index contributed by atoms with van der Waals surface area (Å²) >= 11 is 3.32. The largest absolute Gasteiger partial charge is 0.238 e. The zero-order valence-electron chi connectivity index (χ0n) is 6.31. The molecule has 0 aliphatic carbocycles. The SMILES string of the molecule is c1ccc(Sc2cscn2)cc1. The van der Waals surface area contributed by atoms with Crippen molar-refractivity contribution in [3.05, 3.63) is 41.2 Å². The number of benzene rings is 1. The first-order valence-electron chi connectivity index (χ1n) is 3.56. The molecule has 2 rings (SSSR count). The molecule has 0 bridgehead atoms. The fraction of sp³-hybridized carbons (Fsp3) is 0. The van der Waals surface area contributed by atoms with Crippen molar-refractivity contribution >= 4 is 23.1 Å². The third-order valence-electron chi connectivity index (χ3n) is 1.38. The molecule has 2 aromatic rings. The molecule has 60 valence electrons. The van der Waals surface area contributed by atoms with E-state index in [1.165, 1.54) is 4.90 Å². The van der Waals surface area contributed by atoms with Gasteiger partial charge in [-0.2, -0.15) is 0 Å². The molecule has 1 aromatic carbocycles. The highest BCUT2D eigenvalue weighted by Gasteiger charge is 1.96. The van der Waals surface area contributed by atoms with Crippen LogP contribution in [0.5, 0.6) is 0 Å². The minimum absolute atomic E-state index is 1.08. The lowest BCUT2D eigenvalue weighted by Crippen LogP contribution is -1.70. The molecule has 0 aliphatic heterocycles. The Morgan fingerprint density at radius 3 is 2.67 bits per heavy atom. The molecule has 0 amide bonds. The van der Waals surface area contributed by atoms with E-state index in [0.717, 1.165) is 5.03 Å². The van der Waals surface area contributed by atoms with E-state index in [4.69, 9.17) is 0 Å².